The summed E-state index contributed by atoms with van der Waals surface area (Å²) in [5, 5.41) is 9.99. The average molecular weight is 313 g/mol. The van der Waals surface area contributed by atoms with E-state index < -0.39 is 0 Å². The van der Waals surface area contributed by atoms with Crippen LogP contribution in [-0.2, 0) is 4.74 Å². The molecule has 0 aromatic heterocycles. The highest BCUT2D eigenvalue weighted by Gasteiger charge is 2.22. The second-order valence-electron chi connectivity index (χ2n) is 4.20. The number of rotatable bonds is 3. The largest absolute Gasteiger partial charge is 0.508 e. The van der Waals surface area contributed by atoms with Gasteiger partial charge in [0.1, 0.15) is 24.2 Å². The molecule has 0 saturated carbocycles. The van der Waals surface area contributed by atoms with Gasteiger partial charge in [-0.25, -0.2) is 0 Å². The Morgan fingerprint density at radius 2 is 1.75 bits per heavy atom. The van der Waals surface area contributed by atoms with Crippen LogP contribution in [-0.4, -0.2) is 24.4 Å². The fourth-order valence-corrected chi connectivity index (χ4v) is 1.75. The van der Waals surface area contributed by atoms with Crippen LogP contribution in [0.2, 0.25) is 10.0 Å². The van der Waals surface area contributed by atoms with Crippen molar-refractivity contribution in [1.82, 2.24) is 0 Å². The number of halogens is 2. The number of ether oxygens (including phenoxy) is 2. The molecule has 1 aliphatic rings. The van der Waals surface area contributed by atoms with Gasteiger partial charge in [-0.1, -0.05) is 35.3 Å². The Labute approximate surface area is 127 Å². The highest BCUT2D eigenvalue weighted by Crippen LogP contribution is 2.19. The van der Waals surface area contributed by atoms with Crippen LogP contribution in [0.15, 0.2) is 48.5 Å². The fraction of sp³-hybridized carbons (Fsp3) is 0.200. The van der Waals surface area contributed by atoms with Crippen molar-refractivity contribution in [3.8, 4) is 11.5 Å². The lowest BCUT2D eigenvalue weighted by Crippen LogP contribution is -2.03. The molecular weight excluding hydrogens is 299 g/mol. The second kappa shape index (κ2) is 7.39. The lowest BCUT2D eigenvalue weighted by molar-refractivity contribution is 0.263. The monoisotopic (exact) mass is 312 g/mol. The van der Waals surface area contributed by atoms with Crippen molar-refractivity contribution in [3.63, 3.8) is 0 Å². The predicted molar refractivity (Wildman–Crippen MR) is 79.8 cm³/mol. The van der Waals surface area contributed by atoms with Crippen LogP contribution in [0.25, 0.3) is 0 Å². The van der Waals surface area contributed by atoms with Gasteiger partial charge in [-0.15, -0.1) is 0 Å². The van der Waals surface area contributed by atoms with Crippen molar-refractivity contribution in [1.29, 1.82) is 0 Å². The predicted octanol–water partition coefficient (Wildman–Crippen LogP) is 4.16. The average Bonchev–Trinajstić information content (AvgIpc) is 3.21. The minimum Gasteiger partial charge on any atom is -0.508 e. The van der Waals surface area contributed by atoms with Crippen LogP contribution in [0.1, 0.15) is 0 Å². The molecule has 1 N–H and O–H groups in total. The van der Waals surface area contributed by atoms with Gasteiger partial charge in [0.2, 0.25) is 0 Å². The van der Waals surface area contributed by atoms with E-state index >= 15 is 0 Å². The zero-order valence-electron chi connectivity index (χ0n) is 10.6. The van der Waals surface area contributed by atoms with Crippen LogP contribution in [0.4, 0.5) is 0 Å². The highest BCUT2D eigenvalue weighted by molar-refractivity contribution is 6.31. The molecule has 0 radical (unpaired) electrons. The topological polar surface area (TPSA) is 42.0 Å². The normalized spacial score (nSPS) is 16.0. The third-order valence-corrected chi connectivity index (χ3v) is 2.91. The lowest BCUT2D eigenvalue weighted by Gasteiger charge is -2.03. The standard InChI is InChI=1S/C9H9ClO2.C6H5ClO/c10-7-2-1-3-8(4-7)11-5-9-6-12-9;7-5-2-1-3-6(8)4-5/h1-4,9H,5-6H2;1-4,8H/t9-;/m1./s1. The van der Waals surface area contributed by atoms with Gasteiger partial charge in [-0.3, -0.25) is 0 Å². The molecule has 3 nitrogen and oxygen atoms in total. The van der Waals surface area contributed by atoms with Crippen molar-refractivity contribution >= 4 is 23.2 Å². The van der Waals surface area contributed by atoms with E-state index in [-0.39, 0.29) is 5.75 Å². The summed E-state index contributed by atoms with van der Waals surface area (Å²) in [4.78, 5) is 0. The number of phenols is 1. The van der Waals surface area contributed by atoms with Crippen LogP contribution in [0.3, 0.4) is 0 Å². The van der Waals surface area contributed by atoms with E-state index in [4.69, 9.17) is 37.8 Å². The molecule has 1 atom stereocenters. The summed E-state index contributed by atoms with van der Waals surface area (Å²) in [6.07, 6.45) is 0.295. The van der Waals surface area contributed by atoms with Crippen molar-refractivity contribution in [2.45, 2.75) is 6.10 Å². The smallest absolute Gasteiger partial charge is 0.120 e. The summed E-state index contributed by atoms with van der Waals surface area (Å²) < 4.78 is 10.4. The Morgan fingerprint density at radius 3 is 2.25 bits per heavy atom. The highest BCUT2D eigenvalue weighted by atomic mass is 35.5. The fourth-order valence-electron chi connectivity index (χ4n) is 1.39. The minimum atomic E-state index is 0.206. The lowest BCUT2D eigenvalue weighted by atomic mass is 10.3. The van der Waals surface area contributed by atoms with E-state index in [0.717, 1.165) is 12.4 Å². The number of epoxide rings is 1. The van der Waals surface area contributed by atoms with E-state index in [1.165, 1.54) is 6.07 Å². The van der Waals surface area contributed by atoms with E-state index in [2.05, 4.69) is 0 Å². The maximum absolute atomic E-state index is 8.73. The number of benzene rings is 2. The van der Waals surface area contributed by atoms with Crippen LogP contribution in [0.5, 0.6) is 11.5 Å². The van der Waals surface area contributed by atoms with Crippen molar-refractivity contribution < 1.29 is 14.6 Å². The SMILES string of the molecule is Clc1cccc(OC[C@@H]2CO2)c1.Oc1cccc(Cl)c1. The van der Waals surface area contributed by atoms with Gasteiger partial charge in [0.15, 0.2) is 0 Å². The third-order valence-electron chi connectivity index (χ3n) is 2.44. The first-order chi connectivity index (χ1) is 9.63. The summed E-state index contributed by atoms with van der Waals surface area (Å²) in [7, 11) is 0. The zero-order valence-corrected chi connectivity index (χ0v) is 12.1. The number of hydrogen-bond donors (Lipinski definition) is 1. The molecule has 0 aliphatic carbocycles. The zero-order chi connectivity index (χ0) is 14.4. The summed E-state index contributed by atoms with van der Waals surface area (Å²) in [5.74, 6) is 1.01. The van der Waals surface area contributed by atoms with Gasteiger partial charge < -0.3 is 14.6 Å². The van der Waals surface area contributed by atoms with E-state index in [1.54, 1.807) is 24.3 Å². The summed E-state index contributed by atoms with van der Waals surface area (Å²) in [5.41, 5.74) is 0. The Morgan fingerprint density at radius 1 is 1.10 bits per heavy atom. The van der Waals surface area contributed by atoms with Crippen molar-refractivity contribution in [2.24, 2.45) is 0 Å². The van der Waals surface area contributed by atoms with Gasteiger partial charge in [0.25, 0.3) is 0 Å². The molecular formula is C15H14Cl2O3. The maximum atomic E-state index is 8.73. The van der Waals surface area contributed by atoms with Gasteiger partial charge in [-0.2, -0.15) is 0 Å². The minimum absolute atomic E-state index is 0.206. The Hall–Kier alpha value is -1.42. The molecule has 20 heavy (non-hydrogen) atoms. The summed E-state index contributed by atoms with van der Waals surface area (Å²) in [6.45, 7) is 1.45. The molecule has 0 amide bonds. The third kappa shape index (κ3) is 5.70. The summed E-state index contributed by atoms with van der Waals surface area (Å²) >= 11 is 11.2. The number of hydrogen-bond acceptors (Lipinski definition) is 3. The van der Waals surface area contributed by atoms with Gasteiger partial charge >= 0.3 is 0 Å². The molecule has 0 spiro atoms. The van der Waals surface area contributed by atoms with Crippen LogP contribution < -0.4 is 4.74 Å². The van der Waals surface area contributed by atoms with Gasteiger partial charge in [0.05, 0.1) is 6.61 Å². The first-order valence-electron chi connectivity index (χ1n) is 6.08. The number of phenolic OH excluding ortho intramolecular Hbond substituents is 1. The molecule has 1 fully saturated rings. The molecule has 0 unspecified atom stereocenters. The molecule has 2 aromatic carbocycles. The van der Waals surface area contributed by atoms with E-state index in [9.17, 15) is 0 Å². The van der Waals surface area contributed by atoms with E-state index in [0.29, 0.717) is 22.8 Å². The Bertz CT molecular complexity index is 539. The molecule has 106 valence electrons. The molecule has 0 bridgehead atoms. The molecule has 1 saturated heterocycles. The van der Waals surface area contributed by atoms with Crippen molar-refractivity contribution in [2.75, 3.05) is 13.2 Å². The second-order valence-corrected chi connectivity index (χ2v) is 5.08. The quantitative estimate of drug-likeness (QED) is 0.865. The maximum Gasteiger partial charge on any atom is 0.120 e. The molecule has 5 heteroatoms. The Balaban J connectivity index is 0.000000160. The molecule has 1 heterocycles. The number of aromatic hydroxyl groups is 1. The van der Waals surface area contributed by atoms with E-state index in [1.807, 2.05) is 18.2 Å². The first kappa shape index (κ1) is 15.0. The van der Waals surface area contributed by atoms with Crippen LogP contribution >= 0.6 is 23.2 Å². The van der Waals surface area contributed by atoms with Crippen LogP contribution in [0, 0.1) is 0 Å². The summed E-state index contributed by atoms with van der Waals surface area (Å²) in [6, 6.07) is 13.8. The van der Waals surface area contributed by atoms with Gasteiger partial charge in [-0.05, 0) is 36.4 Å². The first-order valence-corrected chi connectivity index (χ1v) is 6.83. The molecule has 2 aromatic rings. The van der Waals surface area contributed by atoms with Crippen molar-refractivity contribution in [3.05, 3.63) is 58.6 Å². The molecule has 1 aliphatic heterocycles. The Kier molecular flexibility index (Phi) is 5.53. The van der Waals surface area contributed by atoms with Gasteiger partial charge in [0, 0.05) is 10.0 Å². The molecule has 3 rings (SSSR count).